The third-order valence-corrected chi connectivity index (χ3v) is 7.78. The average molecular weight is 533 g/mol. The molecule has 3 aromatic carbocycles. The second kappa shape index (κ2) is 11.4. The maximum atomic E-state index is 13.2. The van der Waals surface area contributed by atoms with Crippen LogP contribution in [0.3, 0.4) is 0 Å². The SMILES string of the molecule is C[C@@H]1CCC[C@H](C)N1C(=O)CSc1nnc(-c2ccc(Cl)cc2)n1-c1ccc(Oc2ccccc2)cc1. The Labute approximate surface area is 226 Å². The van der Waals surface area contributed by atoms with Crippen LogP contribution in [0.25, 0.3) is 17.1 Å². The topological polar surface area (TPSA) is 60.2 Å². The van der Waals surface area contributed by atoms with Gasteiger partial charge >= 0.3 is 0 Å². The Morgan fingerprint density at radius 1 is 0.919 bits per heavy atom. The van der Waals surface area contributed by atoms with E-state index in [9.17, 15) is 4.79 Å². The van der Waals surface area contributed by atoms with E-state index in [1.54, 1.807) is 0 Å². The molecule has 5 rings (SSSR count). The first-order chi connectivity index (χ1) is 18.0. The van der Waals surface area contributed by atoms with Crippen LogP contribution in [0.4, 0.5) is 0 Å². The molecule has 0 unspecified atom stereocenters. The predicted molar refractivity (Wildman–Crippen MR) is 149 cm³/mol. The number of thioether (sulfide) groups is 1. The molecule has 1 aromatic heterocycles. The van der Waals surface area contributed by atoms with Crippen LogP contribution in [0.1, 0.15) is 33.1 Å². The van der Waals surface area contributed by atoms with Gasteiger partial charge in [0.1, 0.15) is 11.5 Å². The number of hydrogen-bond donors (Lipinski definition) is 0. The van der Waals surface area contributed by atoms with Gasteiger partial charge in [0.05, 0.1) is 5.75 Å². The van der Waals surface area contributed by atoms with E-state index in [2.05, 4.69) is 24.0 Å². The van der Waals surface area contributed by atoms with Crippen LogP contribution in [0, 0.1) is 0 Å². The molecule has 0 N–H and O–H groups in total. The third kappa shape index (κ3) is 5.84. The van der Waals surface area contributed by atoms with Crippen molar-refractivity contribution >= 4 is 29.3 Å². The number of carbonyl (C=O) groups excluding carboxylic acids is 1. The lowest BCUT2D eigenvalue weighted by Gasteiger charge is -2.39. The quantitative estimate of drug-likeness (QED) is 0.234. The molecule has 37 heavy (non-hydrogen) atoms. The van der Waals surface area contributed by atoms with Gasteiger partial charge in [-0.25, -0.2) is 0 Å². The van der Waals surface area contributed by atoms with Crippen molar-refractivity contribution in [1.82, 2.24) is 19.7 Å². The molecule has 0 radical (unpaired) electrons. The molecule has 0 bridgehead atoms. The highest BCUT2D eigenvalue weighted by Gasteiger charge is 2.29. The fraction of sp³-hybridized carbons (Fsp3) is 0.276. The van der Waals surface area contributed by atoms with E-state index in [1.165, 1.54) is 18.2 Å². The molecule has 1 amide bonds. The van der Waals surface area contributed by atoms with E-state index >= 15 is 0 Å². The number of piperidine rings is 1. The van der Waals surface area contributed by atoms with Crippen LogP contribution in [0.5, 0.6) is 11.5 Å². The smallest absolute Gasteiger partial charge is 0.233 e. The molecule has 0 spiro atoms. The number of rotatable bonds is 7. The van der Waals surface area contributed by atoms with E-state index in [0.717, 1.165) is 35.6 Å². The third-order valence-electron chi connectivity index (χ3n) is 6.62. The Morgan fingerprint density at radius 2 is 1.57 bits per heavy atom. The number of halogens is 1. The fourth-order valence-electron chi connectivity index (χ4n) is 4.78. The van der Waals surface area contributed by atoms with Crippen molar-refractivity contribution in [2.45, 2.75) is 50.4 Å². The summed E-state index contributed by atoms with van der Waals surface area (Å²) >= 11 is 7.54. The summed E-state index contributed by atoms with van der Waals surface area (Å²) in [6.45, 7) is 4.27. The molecule has 0 saturated carbocycles. The van der Waals surface area contributed by atoms with Crippen LogP contribution in [-0.4, -0.2) is 43.4 Å². The molecule has 2 atom stereocenters. The minimum Gasteiger partial charge on any atom is -0.457 e. The number of benzene rings is 3. The number of hydrogen-bond acceptors (Lipinski definition) is 5. The largest absolute Gasteiger partial charge is 0.457 e. The summed E-state index contributed by atoms with van der Waals surface area (Å²) in [6, 6.07) is 25.5. The summed E-state index contributed by atoms with van der Waals surface area (Å²) in [5.74, 6) is 2.63. The minimum absolute atomic E-state index is 0.138. The van der Waals surface area contributed by atoms with Gasteiger partial charge in [-0.2, -0.15) is 0 Å². The van der Waals surface area contributed by atoms with Crippen LogP contribution in [0.2, 0.25) is 5.02 Å². The lowest BCUT2D eigenvalue weighted by molar-refractivity contribution is -0.134. The molecule has 1 aliphatic heterocycles. The van der Waals surface area contributed by atoms with Gasteiger partial charge in [-0.1, -0.05) is 41.6 Å². The molecule has 8 heteroatoms. The molecule has 190 valence electrons. The Hall–Kier alpha value is -3.29. The van der Waals surface area contributed by atoms with E-state index in [0.29, 0.717) is 21.8 Å². The highest BCUT2D eigenvalue weighted by atomic mass is 35.5. The van der Waals surface area contributed by atoms with Crippen molar-refractivity contribution < 1.29 is 9.53 Å². The summed E-state index contributed by atoms with van der Waals surface area (Å²) in [7, 11) is 0. The number of aromatic nitrogens is 3. The summed E-state index contributed by atoms with van der Waals surface area (Å²) in [6.07, 6.45) is 3.27. The van der Waals surface area contributed by atoms with Crippen molar-refractivity contribution in [2.75, 3.05) is 5.75 Å². The molecule has 6 nitrogen and oxygen atoms in total. The summed E-state index contributed by atoms with van der Waals surface area (Å²) in [5.41, 5.74) is 1.77. The fourth-order valence-corrected chi connectivity index (χ4v) is 5.73. The van der Waals surface area contributed by atoms with E-state index in [4.69, 9.17) is 16.3 Å². The average Bonchev–Trinajstić information content (AvgIpc) is 3.33. The summed E-state index contributed by atoms with van der Waals surface area (Å²) in [4.78, 5) is 15.2. The van der Waals surface area contributed by atoms with Crippen molar-refractivity contribution in [1.29, 1.82) is 0 Å². The maximum Gasteiger partial charge on any atom is 0.233 e. The lowest BCUT2D eigenvalue weighted by Crippen LogP contribution is -2.48. The Balaban J connectivity index is 1.42. The van der Waals surface area contributed by atoms with E-state index in [1.807, 2.05) is 88.3 Å². The summed E-state index contributed by atoms with van der Waals surface area (Å²) < 4.78 is 7.95. The lowest BCUT2D eigenvalue weighted by atomic mass is 9.98. The standard InChI is InChI=1S/C29H29ClN4O2S/c1-20-7-6-8-21(2)33(20)27(35)19-37-29-32-31-28(22-11-13-23(30)14-12-22)34(29)24-15-17-26(18-16-24)36-25-9-4-3-5-10-25/h3-5,9-18,20-21H,6-8,19H2,1-2H3/t20-,21+. The molecule has 2 heterocycles. The zero-order valence-electron chi connectivity index (χ0n) is 20.9. The highest BCUT2D eigenvalue weighted by molar-refractivity contribution is 7.99. The predicted octanol–water partition coefficient (Wildman–Crippen LogP) is 7.26. The molecule has 4 aromatic rings. The van der Waals surface area contributed by atoms with Gasteiger partial charge in [-0.15, -0.1) is 10.2 Å². The van der Waals surface area contributed by atoms with Crippen LogP contribution in [-0.2, 0) is 4.79 Å². The molecular weight excluding hydrogens is 504 g/mol. The van der Waals surface area contributed by atoms with Gasteiger partial charge in [-0.05, 0) is 93.8 Å². The number of carbonyl (C=O) groups is 1. The van der Waals surface area contributed by atoms with Gasteiger partial charge in [0.15, 0.2) is 11.0 Å². The van der Waals surface area contributed by atoms with Crippen LogP contribution >= 0.6 is 23.4 Å². The van der Waals surface area contributed by atoms with Gasteiger partial charge in [0, 0.05) is 28.4 Å². The Bertz CT molecular complexity index is 1330. The molecule has 1 fully saturated rings. The summed E-state index contributed by atoms with van der Waals surface area (Å²) in [5, 5.41) is 10.3. The molecule has 1 aliphatic rings. The first-order valence-corrected chi connectivity index (χ1v) is 13.8. The van der Waals surface area contributed by atoms with Crippen molar-refractivity contribution in [2.24, 2.45) is 0 Å². The zero-order valence-corrected chi connectivity index (χ0v) is 22.5. The first-order valence-electron chi connectivity index (χ1n) is 12.5. The monoisotopic (exact) mass is 532 g/mol. The zero-order chi connectivity index (χ0) is 25.8. The normalized spacial score (nSPS) is 17.5. The van der Waals surface area contributed by atoms with Crippen molar-refractivity contribution in [3.8, 4) is 28.6 Å². The molecular formula is C29H29ClN4O2S. The Morgan fingerprint density at radius 3 is 2.24 bits per heavy atom. The van der Waals surface area contributed by atoms with Gasteiger partial charge in [-0.3, -0.25) is 9.36 Å². The van der Waals surface area contributed by atoms with E-state index < -0.39 is 0 Å². The van der Waals surface area contributed by atoms with Gasteiger partial charge < -0.3 is 9.64 Å². The maximum absolute atomic E-state index is 13.2. The molecule has 0 aliphatic carbocycles. The van der Waals surface area contributed by atoms with Crippen molar-refractivity contribution in [3.05, 3.63) is 83.9 Å². The second-order valence-corrected chi connectivity index (χ2v) is 10.7. The van der Waals surface area contributed by atoms with Crippen molar-refractivity contribution in [3.63, 3.8) is 0 Å². The first kappa shape index (κ1) is 25.4. The van der Waals surface area contributed by atoms with Crippen LogP contribution < -0.4 is 4.74 Å². The van der Waals surface area contributed by atoms with E-state index in [-0.39, 0.29) is 18.0 Å². The molecule has 1 saturated heterocycles. The minimum atomic E-state index is 0.138. The number of amides is 1. The van der Waals surface area contributed by atoms with Gasteiger partial charge in [0.25, 0.3) is 0 Å². The van der Waals surface area contributed by atoms with Gasteiger partial charge in [0.2, 0.25) is 5.91 Å². The number of para-hydroxylation sites is 1. The number of likely N-dealkylation sites (tertiary alicyclic amines) is 1. The Kier molecular flexibility index (Phi) is 7.82. The highest BCUT2D eigenvalue weighted by Crippen LogP contribution is 2.31. The second-order valence-electron chi connectivity index (χ2n) is 9.28. The number of nitrogens with zero attached hydrogens (tertiary/aromatic N) is 4. The van der Waals surface area contributed by atoms with Crippen LogP contribution in [0.15, 0.2) is 84.0 Å². The number of ether oxygens (including phenoxy) is 1.